The SMILES string of the molecule is CC1(C)CC(C2CCC(C3CCC(CCc4cc(C(C)(C)C)c(O)c(C(C)(C)C)c4)OC3)CC2)CC(C)(C)N1. The summed E-state index contributed by atoms with van der Waals surface area (Å²) in [4.78, 5) is 0. The highest BCUT2D eigenvalue weighted by Gasteiger charge is 2.42. The third-order valence-corrected chi connectivity index (χ3v) is 10.3. The molecule has 2 saturated heterocycles. The van der Waals surface area contributed by atoms with Crippen molar-refractivity contribution in [2.75, 3.05) is 6.61 Å². The minimum Gasteiger partial charge on any atom is -0.507 e. The number of hydrogen-bond acceptors (Lipinski definition) is 3. The van der Waals surface area contributed by atoms with Gasteiger partial charge in [0.15, 0.2) is 0 Å². The molecule has 0 amide bonds. The van der Waals surface area contributed by atoms with Crippen LogP contribution in [0.15, 0.2) is 12.1 Å². The second-order valence-corrected chi connectivity index (χ2v) is 17.1. The molecule has 39 heavy (non-hydrogen) atoms. The molecule has 1 aromatic carbocycles. The maximum absolute atomic E-state index is 11.1. The second kappa shape index (κ2) is 11.3. The number of ether oxygens (including phenoxy) is 1. The molecule has 0 spiro atoms. The van der Waals surface area contributed by atoms with Gasteiger partial charge in [-0.2, -0.15) is 0 Å². The standard InChI is InChI=1S/C36H61NO2/c1-33(2,3)30-19-24(20-31(32(30)38)34(4,5)6)11-17-29-18-16-27(23-39-29)25-12-14-26(15-13-25)28-21-35(7,8)37-36(9,10)22-28/h19-20,25-29,37-38H,11-18,21-23H2,1-10H3. The van der Waals surface area contributed by atoms with Crippen LogP contribution >= 0.6 is 0 Å². The van der Waals surface area contributed by atoms with Gasteiger partial charge in [0.25, 0.3) is 0 Å². The van der Waals surface area contributed by atoms with E-state index >= 15 is 0 Å². The van der Waals surface area contributed by atoms with E-state index in [0.29, 0.717) is 11.9 Å². The number of rotatable bonds is 5. The monoisotopic (exact) mass is 539 g/mol. The molecule has 2 atom stereocenters. The summed E-state index contributed by atoms with van der Waals surface area (Å²) in [5.41, 5.74) is 3.86. The highest BCUT2D eigenvalue weighted by Crippen LogP contribution is 2.46. The lowest BCUT2D eigenvalue weighted by Gasteiger charge is -2.50. The van der Waals surface area contributed by atoms with Crippen LogP contribution in [0.3, 0.4) is 0 Å². The van der Waals surface area contributed by atoms with E-state index in [9.17, 15) is 5.11 Å². The summed E-state index contributed by atoms with van der Waals surface area (Å²) >= 11 is 0. The molecule has 1 aliphatic carbocycles. The molecular formula is C36H61NO2. The van der Waals surface area contributed by atoms with E-state index in [4.69, 9.17) is 4.74 Å². The summed E-state index contributed by atoms with van der Waals surface area (Å²) in [6, 6.07) is 4.50. The predicted molar refractivity (Wildman–Crippen MR) is 166 cm³/mol. The molecular weight excluding hydrogens is 478 g/mol. The minimum absolute atomic E-state index is 0.0755. The fraction of sp³-hybridized carbons (Fsp3) is 0.833. The third-order valence-electron chi connectivity index (χ3n) is 10.3. The molecule has 0 bridgehead atoms. The van der Waals surface area contributed by atoms with E-state index in [0.717, 1.165) is 54.2 Å². The lowest BCUT2D eigenvalue weighted by molar-refractivity contribution is -0.0443. The first-order valence-electron chi connectivity index (χ1n) is 16.2. The van der Waals surface area contributed by atoms with Gasteiger partial charge in [-0.05, 0) is 143 Å². The van der Waals surface area contributed by atoms with Gasteiger partial charge in [0.1, 0.15) is 5.75 Å². The van der Waals surface area contributed by atoms with Gasteiger partial charge in [0.2, 0.25) is 0 Å². The van der Waals surface area contributed by atoms with E-state index in [1.165, 1.54) is 56.9 Å². The van der Waals surface area contributed by atoms with Crippen molar-refractivity contribution in [3.63, 3.8) is 0 Å². The zero-order valence-electron chi connectivity index (χ0n) is 27.2. The third kappa shape index (κ3) is 7.82. The van der Waals surface area contributed by atoms with E-state index in [1.807, 2.05) is 0 Å². The Balaban J connectivity index is 1.27. The van der Waals surface area contributed by atoms with Gasteiger partial charge in [-0.15, -0.1) is 0 Å². The normalized spacial score (nSPS) is 30.3. The maximum Gasteiger partial charge on any atom is 0.123 e. The van der Waals surface area contributed by atoms with Crippen LogP contribution < -0.4 is 5.32 Å². The molecule has 2 aliphatic heterocycles. The van der Waals surface area contributed by atoms with Crippen molar-refractivity contribution < 1.29 is 9.84 Å². The summed E-state index contributed by atoms with van der Waals surface area (Å²) in [7, 11) is 0. The Morgan fingerprint density at radius 3 is 1.64 bits per heavy atom. The zero-order valence-corrected chi connectivity index (χ0v) is 27.2. The van der Waals surface area contributed by atoms with Crippen LogP contribution in [0.1, 0.15) is 144 Å². The number of aryl methyl sites for hydroxylation is 1. The van der Waals surface area contributed by atoms with Gasteiger partial charge in [0.05, 0.1) is 12.7 Å². The first kappa shape index (κ1) is 30.9. The molecule has 4 rings (SSSR count). The fourth-order valence-corrected chi connectivity index (χ4v) is 8.56. The van der Waals surface area contributed by atoms with Gasteiger partial charge in [0, 0.05) is 11.1 Å². The molecule has 0 radical (unpaired) electrons. The fourth-order valence-electron chi connectivity index (χ4n) is 8.56. The Morgan fingerprint density at radius 1 is 0.744 bits per heavy atom. The molecule has 222 valence electrons. The minimum atomic E-state index is -0.0755. The number of aromatic hydroxyl groups is 1. The predicted octanol–water partition coefficient (Wildman–Crippen LogP) is 9.08. The first-order chi connectivity index (χ1) is 17.9. The Bertz CT molecular complexity index is 912. The number of phenols is 1. The molecule has 2 N–H and O–H groups in total. The van der Waals surface area contributed by atoms with Crippen molar-refractivity contribution in [1.82, 2.24) is 5.32 Å². The smallest absolute Gasteiger partial charge is 0.123 e. The van der Waals surface area contributed by atoms with Crippen LogP contribution in [0.4, 0.5) is 0 Å². The van der Waals surface area contributed by atoms with Crippen molar-refractivity contribution in [3.8, 4) is 5.75 Å². The second-order valence-electron chi connectivity index (χ2n) is 17.1. The van der Waals surface area contributed by atoms with Crippen LogP contribution in [0.2, 0.25) is 0 Å². The Hall–Kier alpha value is -1.06. The van der Waals surface area contributed by atoms with Crippen LogP contribution in [-0.4, -0.2) is 28.9 Å². The number of benzene rings is 1. The molecule has 1 aromatic rings. The summed E-state index contributed by atoms with van der Waals surface area (Å²) in [6.45, 7) is 23.8. The average molecular weight is 540 g/mol. The number of piperidine rings is 1. The summed E-state index contributed by atoms with van der Waals surface area (Å²) in [5.74, 6) is 3.91. The highest BCUT2D eigenvalue weighted by molar-refractivity contribution is 5.50. The molecule has 3 heteroatoms. The summed E-state index contributed by atoms with van der Waals surface area (Å²) in [6.07, 6.45) is 13.4. The molecule has 3 fully saturated rings. The molecule has 2 heterocycles. The summed E-state index contributed by atoms with van der Waals surface area (Å²) in [5, 5.41) is 14.9. The van der Waals surface area contributed by atoms with Crippen LogP contribution in [0.5, 0.6) is 5.75 Å². The number of nitrogens with one attached hydrogen (secondary N) is 1. The van der Waals surface area contributed by atoms with Crippen molar-refractivity contribution in [1.29, 1.82) is 0 Å². The van der Waals surface area contributed by atoms with Crippen LogP contribution in [0.25, 0.3) is 0 Å². The highest BCUT2D eigenvalue weighted by atomic mass is 16.5. The largest absolute Gasteiger partial charge is 0.507 e. The van der Waals surface area contributed by atoms with E-state index in [-0.39, 0.29) is 21.9 Å². The van der Waals surface area contributed by atoms with Gasteiger partial charge in [-0.3, -0.25) is 0 Å². The van der Waals surface area contributed by atoms with Gasteiger partial charge in [-0.1, -0.05) is 53.7 Å². The molecule has 1 saturated carbocycles. The zero-order chi connectivity index (χ0) is 28.8. The van der Waals surface area contributed by atoms with Gasteiger partial charge >= 0.3 is 0 Å². The average Bonchev–Trinajstić information content (AvgIpc) is 2.80. The topological polar surface area (TPSA) is 41.5 Å². The lowest BCUT2D eigenvalue weighted by Crippen LogP contribution is -2.58. The van der Waals surface area contributed by atoms with E-state index in [2.05, 4.69) is 86.7 Å². The number of phenolic OH excluding ortho intramolecular Hbond substituents is 1. The van der Waals surface area contributed by atoms with E-state index < -0.39 is 0 Å². The van der Waals surface area contributed by atoms with E-state index in [1.54, 1.807) is 0 Å². The lowest BCUT2D eigenvalue weighted by atomic mass is 9.64. The number of hydrogen-bond donors (Lipinski definition) is 2. The van der Waals surface area contributed by atoms with Crippen molar-refractivity contribution in [2.45, 2.75) is 161 Å². The molecule has 3 aliphatic rings. The Morgan fingerprint density at radius 2 is 1.21 bits per heavy atom. The van der Waals surface area contributed by atoms with Gasteiger partial charge < -0.3 is 15.2 Å². The quantitative estimate of drug-likeness (QED) is 0.392. The molecule has 0 aromatic heterocycles. The van der Waals surface area contributed by atoms with Crippen LogP contribution in [0, 0.1) is 23.7 Å². The molecule has 2 unspecified atom stereocenters. The van der Waals surface area contributed by atoms with Gasteiger partial charge in [-0.25, -0.2) is 0 Å². The molecule has 3 nitrogen and oxygen atoms in total. The van der Waals surface area contributed by atoms with Crippen molar-refractivity contribution in [3.05, 3.63) is 28.8 Å². The van der Waals surface area contributed by atoms with Crippen molar-refractivity contribution >= 4 is 0 Å². The maximum atomic E-state index is 11.1. The first-order valence-corrected chi connectivity index (χ1v) is 16.2. The Labute approximate surface area is 241 Å². The summed E-state index contributed by atoms with van der Waals surface area (Å²) < 4.78 is 6.52. The Kier molecular flexibility index (Phi) is 8.96. The van der Waals surface area contributed by atoms with Crippen LogP contribution in [-0.2, 0) is 22.0 Å². The van der Waals surface area contributed by atoms with Crippen molar-refractivity contribution in [2.24, 2.45) is 23.7 Å².